The second kappa shape index (κ2) is 2.94. The number of aromatic nitrogens is 2. The first-order valence-corrected chi connectivity index (χ1v) is 4.11. The SMILES string of the molecule is C=C(N)Cc1cnc2ccccn12. The second-order valence-electron chi connectivity index (χ2n) is 3.01. The average molecular weight is 173 g/mol. The van der Waals surface area contributed by atoms with Crippen molar-refractivity contribution >= 4 is 5.65 Å². The summed E-state index contributed by atoms with van der Waals surface area (Å²) in [5.41, 5.74) is 8.21. The molecule has 3 heteroatoms. The number of allylic oxidation sites excluding steroid dienone is 1. The quantitative estimate of drug-likeness (QED) is 0.745. The fourth-order valence-electron chi connectivity index (χ4n) is 1.35. The van der Waals surface area contributed by atoms with Crippen molar-refractivity contribution < 1.29 is 0 Å². The highest BCUT2D eigenvalue weighted by Crippen LogP contribution is 2.07. The molecule has 13 heavy (non-hydrogen) atoms. The van der Waals surface area contributed by atoms with Crippen LogP contribution >= 0.6 is 0 Å². The monoisotopic (exact) mass is 173 g/mol. The third-order valence-corrected chi connectivity index (χ3v) is 1.90. The average Bonchev–Trinajstić information content (AvgIpc) is 2.48. The van der Waals surface area contributed by atoms with Gasteiger partial charge in [-0.05, 0) is 12.1 Å². The van der Waals surface area contributed by atoms with Gasteiger partial charge in [-0.25, -0.2) is 4.98 Å². The van der Waals surface area contributed by atoms with Crippen LogP contribution in [0.4, 0.5) is 0 Å². The molecule has 0 amide bonds. The Morgan fingerprint density at radius 1 is 1.54 bits per heavy atom. The highest BCUT2D eigenvalue weighted by molar-refractivity contribution is 5.40. The fraction of sp³-hybridized carbons (Fsp3) is 0.100. The minimum absolute atomic E-state index is 0.658. The van der Waals surface area contributed by atoms with Gasteiger partial charge in [-0.3, -0.25) is 0 Å². The van der Waals surface area contributed by atoms with Gasteiger partial charge in [0.15, 0.2) is 0 Å². The summed E-state index contributed by atoms with van der Waals surface area (Å²) in [5.74, 6) is 0. The summed E-state index contributed by atoms with van der Waals surface area (Å²) in [6, 6.07) is 5.89. The Bertz CT molecular complexity index is 442. The lowest BCUT2D eigenvalue weighted by Gasteiger charge is -1.99. The highest BCUT2D eigenvalue weighted by atomic mass is 15.0. The number of nitrogens with zero attached hydrogens (tertiary/aromatic N) is 2. The van der Waals surface area contributed by atoms with E-state index in [1.807, 2.05) is 35.0 Å². The first-order chi connectivity index (χ1) is 6.27. The van der Waals surface area contributed by atoms with Crippen LogP contribution < -0.4 is 5.73 Å². The summed E-state index contributed by atoms with van der Waals surface area (Å²) in [4.78, 5) is 4.24. The van der Waals surface area contributed by atoms with Crippen LogP contribution in [-0.4, -0.2) is 9.38 Å². The van der Waals surface area contributed by atoms with E-state index in [1.54, 1.807) is 0 Å². The van der Waals surface area contributed by atoms with Crippen LogP contribution in [0.15, 0.2) is 42.9 Å². The van der Waals surface area contributed by atoms with Crippen molar-refractivity contribution in [2.24, 2.45) is 5.73 Å². The van der Waals surface area contributed by atoms with Crippen molar-refractivity contribution in [3.05, 3.63) is 48.6 Å². The third kappa shape index (κ3) is 1.40. The Balaban J connectivity index is 2.51. The van der Waals surface area contributed by atoms with E-state index >= 15 is 0 Å². The largest absolute Gasteiger partial charge is 0.402 e. The van der Waals surface area contributed by atoms with Gasteiger partial charge in [-0.15, -0.1) is 0 Å². The molecule has 0 aliphatic heterocycles. The summed E-state index contributed by atoms with van der Waals surface area (Å²) in [6.45, 7) is 3.67. The molecule has 0 unspecified atom stereocenters. The van der Waals surface area contributed by atoms with Crippen LogP contribution in [0.1, 0.15) is 5.69 Å². The molecule has 2 rings (SSSR count). The van der Waals surface area contributed by atoms with E-state index in [4.69, 9.17) is 5.73 Å². The lowest BCUT2D eigenvalue weighted by molar-refractivity contribution is 0.998. The molecule has 0 saturated carbocycles. The van der Waals surface area contributed by atoms with Gasteiger partial charge in [0.25, 0.3) is 0 Å². The molecule has 2 aromatic rings. The van der Waals surface area contributed by atoms with Crippen LogP contribution in [0, 0.1) is 0 Å². The van der Waals surface area contributed by atoms with Crippen LogP contribution in [0.2, 0.25) is 0 Å². The van der Waals surface area contributed by atoms with Gasteiger partial charge in [-0.2, -0.15) is 0 Å². The predicted molar refractivity (Wildman–Crippen MR) is 52.2 cm³/mol. The molecule has 3 nitrogen and oxygen atoms in total. The van der Waals surface area contributed by atoms with E-state index in [2.05, 4.69) is 11.6 Å². The summed E-state index contributed by atoms with van der Waals surface area (Å²) >= 11 is 0. The minimum atomic E-state index is 0.658. The van der Waals surface area contributed by atoms with Crippen molar-refractivity contribution in [3.8, 4) is 0 Å². The van der Waals surface area contributed by atoms with Crippen molar-refractivity contribution in [2.75, 3.05) is 0 Å². The van der Waals surface area contributed by atoms with Gasteiger partial charge < -0.3 is 10.1 Å². The normalized spacial score (nSPS) is 10.5. The molecule has 0 fully saturated rings. The molecule has 0 bridgehead atoms. The molecule has 2 heterocycles. The zero-order valence-corrected chi connectivity index (χ0v) is 7.27. The summed E-state index contributed by atoms with van der Waals surface area (Å²) in [5, 5.41) is 0. The van der Waals surface area contributed by atoms with Gasteiger partial charge in [-0.1, -0.05) is 12.6 Å². The predicted octanol–water partition coefficient (Wildman–Crippen LogP) is 1.35. The van der Waals surface area contributed by atoms with E-state index in [1.165, 1.54) is 0 Å². The van der Waals surface area contributed by atoms with Crippen molar-refractivity contribution in [2.45, 2.75) is 6.42 Å². The Morgan fingerprint density at radius 2 is 2.38 bits per heavy atom. The Labute approximate surface area is 76.5 Å². The zero-order chi connectivity index (χ0) is 9.26. The summed E-state index contributed by atoms with van der Waals surface area (Å²) < 4.78 is 2.01. The second-order valence-corrected chi connectivity index (χ2v) is 3.01. The number of hydrogen-bond acceptors (Lipinski definition) is 2. The number of hydrogen-bond donors (Lipinski definition) is 1. The number of fused-ring (bicyclic) bond motifs is 1. The van der Waals surface area contributed by atoms with E-state index in [0.717, 1.165) is 11.3 Å². The van der Waals surface area contributed by atoms with Gasteiger partial charge in [0, 0.05) is 30.2 Å². The minimum Gasteiger partial charge on any atom is -0.402 e. The number of rotatable bonds is 2. The first-order valence-electron chi connectivity index (χ1n) is 4.11. The number of nitrogens with two attached hydrogens (primary N) is 1. The molecule has 0 spiro atoms. The Hall–Kier alpha value is -1.77. The molecule has 0 saturated heterocycles. The van der Waals surface area contributed by atoms with Crippen molar-refractivity contribution in [1.29, 1.82) is 0 Å². The highest BCUT2D eigenvalue weighted by Gasteiger charge is 2.01. The topological polar surface area (TPSA) is 43.3 Å². The lowest BCUT2D eigenvalue weighted by atomic mass is 10.3. The van der Waals surface area contributed by atoms with Crippen LogP contribution in [-0.2, 0) is 6.42 Å². The van der Waals surface area contributed by atoms with Gasteiger partial charge in [0.05, 0.1) is 0 Å². The van der Waals surface area contributed by atoms with Crippen LogP contribution in [0.3, 0.4) is 0 Å². The smallest absolute Gasteiger partial charge is 0.136 e. The van der Waals surface area contributed by atoms with Crippen LogP contribution in [0.5, 0.6) is 0 Å². The van der Waals surface area contributed by atoms with Gasteiger partial charge in [0.1, 0.15) is 5.65 Å². The maximum atomic E-state index is 5.54. The molecular weight excluding hydrogens is 162 g/mol. The van der Waals surface area contributed by atoms with Crippen molar-refractivity contribution in [1.82, 2.24) is 9.38 Å². The molecule has 0 aromatic carbocycles. The van der Waals surface area contributed by atoms with E-state index < -0.39 is 0 Å². The first kappa shape index (κ1) is 7.86. The van der Waals surface area contributed by atoms with Gasteiger partial charge >= 0.3 is 0 Å². The molecule has 2 N–H and O–H groups in total. The third-order valence-electron chi connectivity index (χ3n) is 1.90. The molecule has 0 aliphatic rings. The number of imidazole rings is 1. The molecule has 2 aromatic heterocycles. The molecule has 0 aliphatic carbocycles. The maximum Gasteiger partial charge on any atom is 0.136 e. The van der Waals surface area contributed by atoms with E-state index in [9.17, 15) is 0 Å². The van der Waals surface area contributed by atoms with Crippen LogP contribution in [0.25, 0.3) is 5.65 Å². The molecular formula is C10H11N3. The fourth-order valence-corrected chi connectivity index (χ4v) is 1.35. The molecule has 66 valence electrons. The summed E-state index contributed by atoms with van der Waals surface area (Å²) in [7, 11) is 0. The van der Waals surface area contributed by atoms with E-state index in [0.29, 0.717) is 12.1 Å². The van der Waals surface area contributed by atoms with Crippen molar-refractivity contribution in [3.63, 3.8) is 0 Å². The van der Waals surface area contributed by atoms with Gasteiger partial charge in [0.2, 0.25) is 0 Å². The zero-order valence-electron chi connectivity index (χ0n) is 7.27. The lowest BCUT2D eigenvalue weighted by Crippen LogP contribution is -2.01. The Morgan fingerprint density at radius 3 is 3.15 bits per heavy atom. The maximum absolute atomic E-state index is 5.54. The van der Waals surface area contributed by atoms with E-state index in [-0.39, 0.29) is 0 Å². The molecule has 0 radical (unpaired) electrons. The summed E-state index contributed by atoms with van der Waals surface area (Å²) in [6.07, 6.45) is 4.47. The standard InChI is InChI=1S/C10H11N3/c1-8(11)6-9-7-12-10-4-2-3-5-13(9)10/h2-5,7H,1,6,11H2. The number of pyridine rings is 1. The Kier molecular flexibility index (Phi) is 1.77. The molecule has 0 atom stereocenters.